The van der Waals surface area contributed by atoms with Gasteiger partial charge in [0.1, 0.15) is 10.6 Å². The van der Waals surface area contributed by atoms with Gasteiger partial charge in [-0.15, -0.1) is 0 Å². The van der Waals surface area contributed by atoms with E-state index in [1.54, 1.807) is 0 Å². The second kappa shape index (κ2) is 6.17. The van der Waals surface area contributed by atoms with E-state index < -0.39 is 46.0 Å². The number of rotatable bonds is 2. The monoisotopic (exact) mass is 414 g/mol. The third kappa shape index (κ3) is 2.26. The van der Waals surface area contributed by atoms with Crippen LogP contribution in [0.4, 0.5) is 0 Å². The smallest absolute Gasteiger partial charge is 0.338 e. The van der Waals surface area contributed by atoms with Gasteiger partial charge in [0.15, 0.2) is 17.3 Å². The number of halogens is 2. The molecule has 0 bridgehead atoms. The number of phenols is 1. The second-order valence-electron chi connectivity index (χ2n) is 5.71. The van der Waals surface area contributed by atoms with Crippen molar-refractivity contribution in [3.05, 3.63) is 44.3 Å². The Morgan fingerprint density at radius 1 is 1.19 bits per heavy atom. The van der Waals surface area contributed by atoms with E-state index in [2.05, 4.69) is 4.74 Å². The minimum absolute atomic E-state index is 0.130. The summed E-state index contributed by atoms with van der Waals surface area (Å²) in [5, 5.41) is 19.6. The van der Waals surface area contributed by atoms with Crippen molar-refractivity contribution in [2.24, 2.45) is 0 Å². The van der Waals surface area contributed by atoms with Crippen molar-refractivity contribution in [1.29, 1.82) is 0 Å². The largest absolute Gasteiger partial charge is 0.505 e. The molecular weight excluding hydrogens is 403 g/mol. The molecule has 1 aromatic rings. The number of phenolic OH excluding ortho intramolecular Hbond substituents is 1. The lowest BCUT2D eigenvalue weighted by Crippen LogP contribution is -2.50. The molecule has 0 radical (unpaired) electrons. The fourth-order valence-electron chi connectivity index (χ4n) is 3.10. The molecule has 0 amide bonds. The number of esters is 1. The number of aliphatic hydroxyl groups excluding tert-OH is 1. The third-order valence-electron chi connectivity index (χ3n) is 4.38. The molecular formula is C17H12Cl2O8. The molecule has 1 unspecified atom stereocenters. The summed E-state index contributed by atoms with van der Waals surface area (Å²) >= 11 is 12.1. The average molecular weight is 415 g/mol. The van der Waals surface area contributed by atoms with Crippen LogP contribution in [0.25, 0.3) is 0 Å². The number of hydrogen-bond donors (Lipinski definition) is 2. The molecule has 2 aliphatic rings. The summed E-state index contributed by atoms with van der Waals surface area (Å²) < 4.78 is 15.4. The summed E-state index contributed by atoms with van der Waals surface area (Å²) in [5.74, 6) is -5.23. The van der Waals surface area contributed by atoms with Crippen molar-refractivity contribution in [2.75, 3.05) is 14.2 Å². The Hall–Kier alpha value is -2.71. The fourth-order valence-corrected chi connectivity index (χ4v) is 3.56. The Morgan fingerprint density at radius 3 is 2.37 bits per heavy atom. The lowest BCUT2D eigenvalue weighted by atomic mass is 9.80. The molecule has 1 aliphatic carbocycles. The van der Waals surface area contributed by atoms with Gasteiger partial charge in [0, 0.05) is 6.08 Å². The van der Waals surface area contributed by atoms with Gasteiger partial charge < -0.3 is 24.4 Å². The van der Waals surface area contributed by atoms with Gasteiger partial charge in [-0.3, -0.25) is 9.59 Å². The van der Waals surface area contributed by atoms with Gasteiger partial charge in [-0.2, -0.15) is 0 Å². The molecule has 0 aromatic heterocycles. The maximum absolute atomic E-state index is 13.4. The fraction of sp³-hybridized carbons (Fsp3) is 0.235. The van der Waals surface area contributed by atoms with Gasteiger partial charge in [-0.1, -0.05) is 23.2 Å². The molecule has 10 heteroatoms. The van der Waals surface area contributed by atoms with Gasteiger partial charge in [-0.25, -0.2) is 4.79 Å². The highest BCUT2D eigenvalue weighted by Gasteiger charge is 2.62. The highest BCUT2D eigenvalue weighted by molar-refractivity contribution is 6.40. The first kappa shape index (κ1) is 19.1. The maximum atomic E-state index is 13.4. The number of ketones is 2. The molecule has 8 nitrogen and oxygen atoms in total. The van der Waals surface area contributed by atoms with Crippen LogP contribution in [0.3, 0.4) is 0 Å². The van der Waals surface area contributed by atoms with Crippen LogP contribution in [0.1, 0.15) is 15.9 Å². The zero-order chi connectivity index (χ0) is 20.3. The molecule has 3 rings (SSSR count). The van der Waals surface area contributed by atoms with Crippen LogP contribution in [0.15, 0.2) is 23.2 Å². The van der Waals surface area contributed by atoms with Crippen LogP contribution in [0.2, 0.25) is 10.0 Å². The van der Waals surface area contributed by atoms with Gasteiger partial charge in [0.05, 0.1) is 24.8 Å². The summed E-state index contributed by atoms with van der Waals surface area (Å²) in [4.78, 5) is 37.7. The summed E-state index contributed by atoms with van der Waals surface area (Å²) in [5.41, 5.74) is -2.87. The maximum Gasteiger partial charge on any atom is 0.338 e. The van der Waals surface area contributed by atoms with E-state index in [0.29, 0.717) is 0 Å². The van der Waals surface area contributed by atoms with Crippen LogP contribution >= 0.6 is 23.2 Å². The number of fused-ring (bicyclic) bond motifs is 1. The first-order valence-electron chi connectivity index (χ1n) is 7.40. The number of benzene rings is 1. The van der Waals surface area contributed by atoms with E-state index in [1.807, 2.05) is 0 Å². The topological polar surface area (TPSA) is 119 Å². The number of allylic oxidation sites excluding steroid dienone is 1. The number of carbonyl (C=O) groups is 3. The molecule has 0 saturated heterocycles. The Bertz CT molecular complexity index is 991. The Kier molecular flexibility index (Phi) is 4.36. The number of aliphatic hydroxyl groups is 1. The van der Waals surface area contributed by atoms with Crippen molar-refractivity contribution in [1.82, 2.24) is 0 Å². The number of ether oxygens (including phenoxy) is 3. The van der Waals surface area contributed by atoms with Gasteiger partial charge in [0.2, 0.25) is 17.3 Å². The van der Waals surface area contributed by atoms with Crippen molar-refractivity contribution in [3.63, 3.8) is 0 Å². The van der Waals surface area contributed by atoms with Crippen LogP contribution in [0.5, 0.6) is 11.5 Å². The van der Waals surface area contributed by atoms with E-state index in [1.165, 1.54) is 6.92 Å². The average Bonchev–Trinajstić information content (AvgIpc) is 2.95. The van der Waals surface area contributed by atoms with Crippen molar-refractivity contribution in [2.45, 2.75) is 12.5 Å². The van der Waals surface area contributed by atoms with Crippen LogP contribution < -0.4 is 4.74 Å². The van der Waals surface area contributed by atoms with E-state index in [4.69, 9.17) is 32.7 Å². The molecule has 1 heterocycles. The standard InChI is InChI=1S/C17H12Cl2O8/c1-5-8-13(10(19)12(22)9(5)18)27-17(14(8)23)6(16(24)26-3)4-7(20)11(21)15(17)25-2/h4,21-22H,1-3H3. The molecule has 142 valence electrons. The predicted molar refractivity (Wildman–Crippen MR) is 92.3 cm³/mol. The van der Waals surface area contributed by atoms with Crippen molar-refractivity contribution in [3.8, 4) is 11.5 Å². The summed E-state index contributed by atoms with van der Waals surface area (Å²) in [6.07, 6.45) is 0.720. The summed E-state index contributed by atoms with van der Waals surface area (Å²) in [6.45, 7) is 1.43. The molecule has 1 spiro atoms. The molecule has 27 heavy (non-hydrogen) atoms. The SMILES string of the molecule is COC(=O)C1=CC(=O)C(O)=C(OC)C12Oc1c(Cl)c(O)c(Cl)c(C)c1C2=O. The lowest BCUT2D eigenvalue weighted by molar-refractivity contribution is -0.138. The highest BCUT2D eigenvalue weighted by Crippen LogP contribution is 2.54. The van der Waals surface area contributed by atoms with Gasteiger partial charge in [-0.05, 0) is 12.5 Å². The molecule has 1 atom stereocenters. The number of hydrogen-bond acceptors (Lipinski definition) is 8. The van der Waals surface area contributed by atoms with E-state index in [-0.39, 0.29) is 26.9 Å². The molecule has 2 N–H and O–H groups in total. The van der Waals surface area contributed by atoms with Gasteiger partial charge in [0.25, 0.3) is 5.60 Å². The Balaban J connectivity index is 2.39. The summed E-state index contributed by atoms with van der Waals surface area (Å²) in [7, 11) is 2.12. The molecule has 0 saturated carbocycles. The zero-order valence-electron chi connectivity index (χ0n) is 14.2. The highest BCUT2D eigenvalue weighted by atomic mass is 35.5. The molecule has 1 aliphatic heterocycles. The molecule has 0 fully saturated rings. The number of carbonyl (C=O) groups excluding carboxylic acids is 3. The van der Waals surface area contributed by atoms with E-state index >= 15 is 0 Å². The quantitative estimate of drug-likeness (QED) is 0.707. The first-order chi connectivity index (χ1) is 12.6. The number of methoxy groups -OCH3 is 2. The summed E-state index contributed by atoms with van der Waals surface area (Å²) in [6, 6.07) is 0. The predicted octanol–water partition coefficient (Wildman–Crippen LogP) is 2.42. The Labute approximate surface area is 162 Å². The van der Waals surface area contributed by atoms with Crippen molar-refractivity contribution >= 4 is 40.7 Å². The van der Waals surface area contributed by atoms with E-state index in [9.17, 15) is 24.6 Å². The van der Waals surface area contributed by atoms with Crippen LogP contribution in [0, 0.1) is 6.92 Å². The van der Waals surface area contributed by atoms with Crippen LogP contribution in [-0.4, -0.2) is 47.6 Å². The minimum atomic E-state index is -2.35. The van der Waals surface area contributed by atoms with Gasteiger partial charge >= 0.3 is 5.97 Å². The van der Waals surface area contributed by atoms with E-state index in [0.717, 1.165) is 20.3 Å². The molecule has 1 aromatic carbocycles. The lowest BCUT2D eigenvalue weighted by Gasteiger charge is -2.32. The minimum Gasteiger partial charge on any atom is -0.505 e. The third-order valence-corrected chi connectivity index (χ3v) is 5.19. The zero-order valence-corrected chi connectivity index (χ0v) is 15.7. The van der Waals surface area contributed by atoms with Crippen LogP contribution in [-0.2, 0) is 19.1 Å². The number of aromatic hydroxyl groups is 1. The Morgan fingerprint density at radius 2 is 1.81 bits per heavy atom. The second-order valence-corrected chi connectivity index (χ2v) is 6.47. The van der Waals surface area contributed by atoms with Crippen molar-refractivity contribution < 1.29 is 38.8 Å². The first-order valence-corrected chi connectivity index (χ1v) is 8.15. The number of Topliss-reactive ketones (excluding diaryl/α,β-unsaturated/α-hetero) is 1. The normalized spacial score (nSPS) is 21.1.